The summed E-state index contributed by atoms with van der Waals surface area (Å²) in [4.78, 5) is 2.56. The first-order valence-corrected chi connectivity index (χ1v) is 8.67. The van der Waals surface area contributed by atoms with Gasteiger partial charge in [-0.2, -0.15) is 0 Å². The quantitative estimate of drug-likeness (QED) is 0.604. The normalized spacial score (nSPS) is 11.3. The maximum atomic E-state index is 2.56. The Morgan fingerprint density at radius 1 is 0.773 bits per heavy atom. The highest BCUT2D eigenvalue weighted by Gasteiger charge is 2.14. The fourth-order valence-corrected chi connectivity index (χ4v) is 3.16. The third-order valence-electron chi connectivity index (χ3n) is 4.36. The van der Waals surface area contributed by atoms with Crippen molar-refractivity contribution in [2.45, 2.75) is 39.0 Å². The molecule has 2 rings (SSSR count). The Morgan fingerprint density at radius 2 is 1.32 bits per heavy atom. The highest BCUT2D eigenvalue weighted by atomic mass is 15.1. The minimum Gasteiger partial charge on any atom is -0.304 e. The van der Waals surface area contributed by atoms with Crippen LogP contribution in [0.4, 0.5) is 0 Å². The van der Waals surface area contributed by atoms with E-state index in [1.54, 1.807) is 0 Å². The molecule has 22 heavy (non-hydrogen) atoms. The van der Waals surface area contributed by atoms with E-state index in [1.807, 2.05) is 0 Å². The average molecular weight is 295 g/mol. The Morgan fingerprint density at radius 3 is 1.77 bits per heavy atom. The van der Waals surface area contributed by atoms with E-state index in [0.29, 0.717) is 5.92 Å². The summed E-state index contributed by atoms with van der Waals surface area (Å²) in [5.41, 5.74) is 2.87. The molecule has 1 heteroatoms. The molecule has 0 saturated heterocycles. The maximum Gasteiger partial charge on any atom is 0.00898 e. The lowest BCUT2D eigenvalue weighted by atomic mass is 9.87. The second-order valence-corrected chi connectivity index (χ2v) is 5.95. The van der Waals surface area contributed by atoms with Gasteiger partial charge < -0.3 is 4.90 Å². The molecule has 0 aliphatic carbocycles. The maximum absolute atomic E-state index is 2.56. The van der Waals surface area contributed by atoms with E-state index < -0.39 is 0 Å². The minimum absolute atomic E-state index is 0.516. The van der Waals surface area contributed by atoms with Crippen LogP contribution >= 0.6 is 0 Å². The zero-order valence-corrected chi connectivity index (χ0v) is 14.0. The molecule has 2 aromatic rings. The van der Waals surface area contributed by atoms with Gasteiger partial charge in [0.15, 0.2) is 0 Å². The molecule has 0 amide bonds. The number of rotatable bonds is 9. The van der Waals surface area contributed by atoms with Gasteiger partial charge in [0.1, 0.15) is 0 Å². The lowest BCUT2D eigenvalue weighted by Gasteiger charge is -2.22. The van der Waals surface area contributed by atoms with Crippen LogP contribution in [0.3, 0.4) is 0 Å². The van der Waals surface area contributed by atoms with Crippen LogP contribution in [0.5, 0.6) is 0 Å². The molecule has 0 aromatic heterocycles. The van der Waals surface area contributed by atoms with Crippen LogP contribution in [0.25, 0.3) is 0 Å². The van der Waals surface area contributed by atoms with Crippen molar-refractivity contribution < 1.29 is 0 Å². The highest BCUT2D eigenvalue weighted by Crippen LogP contribution is 2.29. The fraction of sp³-hybridized carbons (Fsp3) is 0.429. The zero-order valence-electron chi connectivity index (χ0n) is 14.0. The molecule has 2 aromatic carbocycles. The van der Waals surface area contributed by atoms with E-state index in [-0.39, 0.29) is 0 Å². The van der Waals surface area contributed by atoms with Crippen molar-refractivity contribution in [3.63, 3.8) is 0 Å². The van der Waals surface area contributed by atoms with Gasteiger partial charge in [-0.05, 0) is 50.0 Å². The molecule has 0 fully saturated rings. The molecule has 0 spiro atoms. The molecule has 0 aliphatic heterocycles. The van der Waals surface area contributed by atoms with Gasteiger partial charge in [-0.25, -0.2) is 0 Å². The van der Waals surface area contributed by atoms with Gasteiger partial charge in [-0.3, -0.25) is 0 Å². The van der Waals surface area contributed by atoms with Gasteiger partial charge in [0.05, 0.1) is 0 Å². The summed E-state index contributed by atoms with van der Waals surface area (Å²) >= 11 is 0. The van der Waals surface area contributed by atoms with Crippen LogP contribution in [0.15, 0.2) is 60.7 Å². The van der Waals surface area contributed by atoms with Crippen LogP contribution in [0.2, 0.25) is 0 Å². The highest BCUT2D eigenvalue weighted by molar-refractivity contribution is 5.32. The summed E-state index contributed by atoms with van der Waals surface area (Å²) in [5, 5.41) is 0. The van der Waals surface area contributed by atoms with Gasteiger partial charge >= 0.3 is 0 Å². The predicted octanol–water partition coefficient (Wildman–Crippen LogP) is 5.33. The first-order valence-electron chi connectivity index (χ1n) is 8.67. The van der Waals surface area contributed by atoms with E-state index in [0.717, 1.165) is 6.54 Å². The number of benzene rings is 2. The molecule has 0 atom stereocenters. The van der Waals surface area contributed by atoms with Crippen molar-refractivity contribution in [1.29, 1.82) is 0 Å². The van der Waals surface area contributed by atoms with Crippen molar-refractivity contribution in [2.75, 3.05) is 19.6 Å². The Balaban J connectivity index is 2.03. The molecule has 0 saturated carbocycles. The third kappa shape index (κ3) is 4.99. The molecule has 0 unspecified atom stereocenters. The number of nitrogens with zero attached hydrogens (tertiary/aromatic N) is 1. The van der Waals surface area contributed by atoms with Crippen molar-refractivity contribution in [3.8, 4) is 0 Å². The standard InChI is InChI=1S/C21H29N/c1-3-17-22(4-2)18-11-16-21(19-12-7-5-8-13-19)20-14-9-6-10-15-20/h5-10,12-15,21H,3-4,11,16-18H2,1-2H3. The first kappa shape index (κ1) is 16.8. The second kappa shape index (κ2) is 9.42. The molecule has 0 bridgehead atoms. The Kier molecular flexibility index (Phi) is 7.18. The minimum atomic E-state index is 0.516. The van der Waals surface area contributed by atoms with Crippen LogP contribution < -0.4 is 0 Å². The molecular formula is C21H29N. The summed E-state index contributed by atoms with van der Waals surface area (Å²) in [6, 6.07) is 21.9. The molecule has 0 N–H and O–H groups in total. The number of hydrogen-bond acceptors (Lipinski definition) is 1. The van der Waals surface area contributed by atoms with Crippen molar-refractivity contribution in [3.05, 3.63) is 71.8 Å². The average Bonchev–Trinajstić information content (AvgIpc) is 2.59. The molecule has 0 heterocycles. The van der Waals surface area contributed by atoms with E-state index in [1.165, 1.54) is 43.5 Å². The van der Waals surface area contributed by atoms with Crippen LogP contribution in [-0.2, 0) is 0 Å². The largest absolute Gasteiger partial charge is 0.304 e. The monoisotopic (exact) mass is 295 g/mol. The topological polar surface area (TPSA) is 3.24 Å². The lowest BCUT2D eigenvalue weighted by Crippen LogP contribution is -2.25. The van der Waals surface area contributed by atoms with E-state index >= 15 is 0 Å². The third-order valence-corrected chi connectivity index (χ3v) is 4.36. The first-order chi connectivity index (χ1) is 10.8. The smallest absolute Gasteiger partial charge is 0.00898 e. The summed E-state index contributed by atoms with van der Waals surface area (Å²) in [5.74, 6) is 0.516. The van der Waals surface area contributed by atoms with Crippen molar-refractivity contribution in [1.82, 2.24) is 4.90 Å². The van der Waals surface area contributed by atoms with Crippen LogP contribution in [-0.4, -0.2) is 24.5 Å². The van der Waals surface area contributed by atoms with Crippen LogP contribution in [0.1, 0.15) is 50.2 Å². The van der Waals surface area contributed by atoms with Crippen LogP contribution in [0, 0.1) is 0 Å². The Labute approximate surface area is 136 Å². The molecule has 118 valence electrons. The lowest BCUT2D eigenvalue weighted by molar-refractivity contribution is 0.281. The van der Waals surface area contributed by atoms with E-state index in [4.69, 9.17) is 0 Å². The van der Waals surface area contributed by atoms with Gasteiger partial charge in [0.25, 0.3) is 0 Å². The molecule has 1 nitrogen and oxygen atoms in total. The number of hydrogen-bond donors (Lipinski definition) is 0. The zero-order chi connectivity index (χ0) is 15.6. The summed E-state index contributed by atoms with van der Waals surface area (Å²) < 4.78 is 0. The van der Waals surface area contributed by atoms with Gasteiger partial charge in [-0.1, -0.05) is 74.5 Å². The Bertz CT molecular complexity index is 466. The van der Waals surface area contributed by atoms with Gasteiger partial charge in [0, 0.05) is 5.92 Å². The Hall–Kier alpha value is -1.60. The predicted molar refractivity (Wildman–Crippen MR) is 96.4 cm³/mol. The van der Waals surface area contributed by atoms with E-state index in [9.17, 15) is 0 Å². The fourth-order valence-electron chi connectivity index (χ4n) is 3.16. The van der Waals surface area contributed by atoms with Gasteiger partial charge in [-0.15, -0.1) is 0 Å². The molecule has 0 radical (unpaired) electrons. The summed E-state index contributed by atoms with van der Waals surface area (Å²) in [7, 11) is 0. The SMILES string of the molecule is CCCN(CC)CCCC(c1ccccc1)c1ccccc1. The molecular weight excluding hydrogens is 266 g/mol. The summed E-state index contributed by atoms with van der Waals surface area (Å²) in [6.07, 6.45) is 3.71. The van der Waals surface area contributed by atoms with Gasteiger partial charge in [0.2, 0.25) is 0 Å². The second-order valence-electron chi connectivity index (χ2n) is 5.95. The summed E-state index contributed by atoms with van der Waals surface area (Å²) in [6.45, 7) is 8.12. The van der Waals surface area contributed by atoms with Crippen molar-refractivity contribution in [2.24, 2.45) is 0 Å². The van der Waals surface area contributed by atoms with E-state index in [2.05, 4.69) is 79.4 Å². The molecule has 0 aliphatic rings. The van der Waals surface area contributed by atoms with Crippen molar-refractivity contribution >= 4 is 0 Å².